The van der Waals surface area contributed by atoms with Crippen LogP contribution in [0.5, 0.6) is 0 Å². The molecule has 1 saturated heterocycles. The van der Waals surface area contributed by atoms with Crippen molar-refractivity contribution in [3.63, 3.8) is 0 Å². The molecule has 2 rings (SSSR count). The standard InChI is InChI=1S/C38H68N6O9/c1-23(2)20-28-34(48)43-32(26-16-12-11-13-17-26)36(50)41-27(21-39)33(47)42-31(25(4)45)35(49)40-22-30(46)53-29(24(3)37(51)44(28)7)18-14-9-10-15-19-38(5,6)52-8/h23-29,31-32,45H,9-22,39H2,1-8H3,(H,40,49)(H,41,50)(H,42,47)(H,43,48)/t24-,25+,27+,28+,29-,31+,32+/m1/s1. The number of hydrogen-bond acceptors (Lipinski definition) is 10. The maximum absolute atomic E-state index is 14.2. The third kappa shape index (κ3) is 14.8. The number of cyclic esters (lactones) is 1. The summed E-state index contributed by atoms with van der Waals surface area (Å²) in [4.78, 5) is 83.2. The minimum Gasteiger partial charge on any atom is -0.460 e. The lowest BCUT2D eigenvalue weighted by Crippen LogP contribution is -2.62. The van der Waals surface area contributed by atoms with Gasteiger partial charge in [0.1, 0.15) is 36.8 Å². The van der Waals surface area contributed by atoms with Crippen molar-refractivity contribution in [2.75, 3.05) is 27.2 Å². The third-order valence-electron chi connectivity index (χ3n) is 10.7. The molecule has 0 aromatic heterocycles. The largest absolute Gasteiger partial charge is 0.460 e. The summed E-state index contributed by atoms with van der Waals surface area (Å²) in [7, 11) is 3.23. The predicted molar refractivity (Wildman–Crippen MR) is 200 cm³/mol. The number of amides is 5. The SMILES string of the molecule is COC(C)(C)CCCCCC[C@H]1OC(=O)CNC(=O)[C@H]([C@H](C)O)NC(=O)[C@H](CN)NC(=O)[C@H](C2CCCCC2)NC(=O)[C@H](CC(C)C)N(C)C(=O)[C@@H]1C. The van der Waals surface area contributed by atoms with Crippen LogP contribution in [-0.2, 0) is 38.2 Å². The van der Waals surface area contributed by atoms with Crippen molar-refractivity contribution in [3.8, 4) is 0 Å². The van der Waals surface area contributed by atoms with Crippen LogP contribution in [0.3, 0.4) is 0 Å². The maximum Gasteiger partial charge on any atom is 0.325 e. The van der Waals surface area contributed by atoms with E-state index >= 15 is 0 Å². The number of rotatable bonds is 13. The van der Waals surface area contributed by atoms with Gasteiger partial charge in [-0.25, -0.2) is 0 Å². The van der Waals surface area contributed by atoms with Crippen LogP contribution in [0.25, 0.3) is 0 Å². The Balaban J connectivity index is 2.48. The van der Waals surface area contributed by atoms with Crippen LogP contribution in [0.4, 0.5) is 0 Å². The van der Waals surface area contributed by atoms with Gasteiger partial charge in [0.05, 0.1) is 17.6 Å². The Morgan fingerprint density at radius 1 is 0.906 bits per heavy atom. The van der Waals surface area contributed by atoms with E-state index in [4.69, 9.17) is 15.2 Å². The molecule has 15 nitrogen and oxygen atoms in total. The Bertz CT molecular complexity index is 1220. The van der Waals surface area contributed by atoms with E-state index < -0.39 is 84.3 Å². The summed E-state index contributed by atoms with van der Waals surface area (Å²) in [5.41, 5.74) is 5.67. The average molecular weight is 753 g/mol. The van der Waals surface area contributed by atoms with Crippen LogP contribution in [0.15, 0.2) is 0 Å². The van der Waals surface area contributed by atoms with Crippen LogP contribution < -0.4 is 27.0 Å². The molecule has 0 unspecified atom stereocenters. The molecule has 1 saturated carbocycles. The van der Waals surface area contributed by atoms with Crippen LogP contribution in [0.1, 0.15) is 119 Å². The number of nitrogens with two attached hydrogens (primary N) is 1. The maximum atomic E-state index is 14.2. The number of ether oxygens (including phenoxy) is 2. The van der Waals surface area contributed by atoms with Gasteiger partial charge in [0.2, 0.25) is 29.5 Å². The van der Waals surface area contributed by atoms with Gasteiger partial charge in [-0.1, -0.05) is 59.3 Å². The Hall–Kier alpha value is -3.30. The zero-order valence-corrected chi connectivity index (χ0v) is 33.3. The van der Waals surface area contributed by atoms with Gasteiger partial charge in [0.15, 0.2) is 0 Å². The fraction of sp³-hybridized carbons (Fsp3) is 0.842. The highest BCUT2D eigenvalue weighted by atomic mass is 16.5. The molecule has 5 amide bonds. The van der Waals surface area contributed by atoms with Crippen molar-refractivity contribution < 1.29 is 43.3 Å². The third-order valence-corrected chi connectivity index (χ3v) is 10.7. The summed E-state index contributed by atoms with van der Waals surface area (Å²) in [6, 6.07) is -4.73. The number of aliphatic hydroxyl groups is 1. The lowest BCUT2D eigenvalue weighted by molar-refractivity contribution is -0.157. The Morgan fingerprint density at radius 3 is 2.13 bits per heavy atom. The number of carbonyl (C=O) groups excluding carboxylic acids is 6. The quantitative estimate of drug-likeness (QED) is 0.118. The summed E-state index contributed by atoms with van der Waals surface area (Å²) in [5.74, 6) is -5.05. The molecule has 1 aliphatic heterocycles. The Labute approximate surface area is 316 Å². The number of hydrogen-bond donors (Lipinski definition) is 6. The van der Waals surface area contributed by atoms with E-state index in [0.29, 0.717) is 32.1 Å². The van der Waals surface area contributed by atoms with E-state index in [0.717, 1.165) is 44.9 Å². The van der Waals surface area contributed by atoms with Gasteiger partial charge < -0.3 is 46.5 Å². The van der Waals surface area contributed by atoms with Gasteiger partial charge in [-0.15, -0.1) is 0 Å². The fourth-order valence-corrected chi connectivity index (χ4v) is 7.03. The smallest absolute Gasteiger partial charge is 0.325 e. The lowest BCUT2D eigenvalue weighted by Gasteiger charge is -2.36. The second-order valence-corrected chi connectivity index (χ2v) is 16.0. The molecular weight excluding hydrogens is 684 g/mol. The van der Waals surface area contributed by atoms with Crippen molar-refractivity contribution >= 4 is 35.5 Å². The van der Waals surface area contributed by atoms with Gasteiger partial charge in [-0.05, 0) is 71.1 Å². The van der Waals surface area contributed by atoms with Gasteiger partial charge in [-0.2, -0.15) is 0 Å². The van der Waals surface area contributed by atoms with Crippen molar-refractivity contribution in [2.24, 2.45) is 23.5 Å². The minimum atomic E-state index is -1.48. The van der Waals surface area contributed by atoms with Gasteiger partial charge >= 0.3 is 5.97 Å². The molecule has 15 heteroatoms. The molecule has 0 aromatic rings. The molecule has 0 bridgehead atoms. The highest BCUT2D eigenvalue weighted by Crippen LogP contribution is 2.28. The summed E-state index contributed by atoms with van der Waals surface area (Å²) >= 11 is 0. The molecule has 2 fully saturated rings. The average Bonchev–Trinajstić information content (AvgIpc) is 3.12. The number of likely N-dealkylation sites (N-methyl/N-ethyl adjacent to an activating group) is 1. The van der Waals surface area contributed by atoms with E-state index in [1.807, 2.05) is 27.7 Å². The van der Waals surface area contributed by atoms with Crippen molar-refractivity contribution in [2.45, 2.75) is 161 Å². The van der Waals surface area contributed by atoms with Gasteiger partial charge in [-0.3, -0.25) is 28.8 Å². The van der Waals surface area contributed by atoms with Crippen molar-refractivity contribution in [3.05, 3.63) is 0 Å². The molecule has 0 radical (unpaired) electrons. The van der Waals surface area contributed by atoms with E-state index in [1.165, 1.54) is 11.8 Å². The molecule has 2 aliphatic rings. The Morgan fingerprint density at radius 2 is 1.55 bits per heavy atom. The van der Waals surface area contributed by atoms with Gasteiger partial charge in [0, 0.05) is 20.7 Å². The highest BCUT2D eigenvalue weighted by molar-refractivity contribution is 5.96. The van der Waals surface area contributed by atoms with E-state index in [2.05, 4.69) is 21.3 Å². The number of aliphatic hydroxyl groups excluding tert-OH is 1. The van der Waals surface area contributed by atoms with E-state index in [9.17, 15) is 33.9 Å². The van der Waals surface area contributed by atoms with E-state index in [-0.39, 0.29) is 24.0 Å². The molecule has 0 aromatic carbocycles. The molecule has 304 valence electrons. The lowest BCUT2D eigenvalue weighted by atomic mass is 9.83. The van der Waals surface area contributed by atoms with Crippen LogP contribution in [-0.4, -0.2) is 115 Å². The Kier molecular flexibility index (Phi) is 19.2. The minimum absolute atomic E-state index is 0.00683. The number of nitrogens with one attached hydrogen (secondary N) is 4. The summed E-state index contributed by atoms with van der Waals surface area (Å²) in [5, 5.41) is 20.8. The predicted octanol–water partition coefficient (Wildman–Crippen LogP) is 1.68. The first-order valence-electron chi connectivity index (χ1n) is 19.5. The highest BCUT2D eigenvalue weighted by Gasteiger charge is 2.39. The first kappa shape index (κ1) is 45.9. The number of esters is 1. The molecular formula is C38H68N6O9. The number of carbonyl (C=O) groups is 6. The van der Waals surface area contributed by atoms with Crippen molar-refractivity contribution in [1.82, 2.24) is 26.2 Å². The topological polar surface area (TPSA) is 218 Å². The summed E-state index contributed by atoms with van der Waals surface area (Å²) in [6.45, 7) is 9.98. The first-order valence-corrected chi connectivity index (χ1v) is 19.5. The zero-order valence-electron chi connectivity index (χ0n) is 33.3. The molecule has 53 heavy (non-hydrogen) atoms. The molecule has 7 atom stereocenters. The van der Waals surface area contributed by atoms with Crippen LogP contribution >= 0.6 is 0 Å². The number of unbranched alkanes of at least 4 members (excludes halogenated alkanes) is 3. The fourth-order valence-electron chi connectivity index (χ4n) is 7.03. The van der Waals surface area contributed by atoms with Crippen molar-refractivity contribution in [1.29, 1.82) is 0 Å². The number of nitrogens with zero attached hydrogens (tertiary/aromatic N) is 1. The number of methoxy groups -OCH3 is 1. The van der Waals surface area contributed by atoms with Crippen LogP contribution in [0, 0.1) is 17.8 Å². The second kappa shape index (κ2) is 22.2. The normalized spacial score (nSPS) is 27.5. The monoisotopic (exact) mass is 753 g/mol. The van der Waals surface area contributed by atoms with E-state index in [1.54, 1.807) is 21.1 Å². The van der Waals surface area contributed by atoms with Gasteiger partial charge in [0.25, 0.3) is 0 Å². The first-order chi connectivity index (χ1) is 24.9. The zero-order chi connectivity index (χ0) is 39.9. The summed E-state index contributed by atoms with van der Waals surface area (Å²) < 4.78 is 11.3. The van der Waals surface area contributed by atoms with Crippen LogP contribution in [0.2, 0.25) is 0 Å². The molecule has 1 heterocycles. The molecule has 7 N–H and O–H groups in total. The molecule has 0 spiro atoms. The summed E-state index contributed by atoms with van der Waals surface area (Å²) in [6.07, 6.45) is 6.74. The second-order valence-electron chi connectivity index (χ2n) is 16.0. The molecule has 1 aliphatic carbocycles.